The quantitative estimate of drug-likeness (QED) is 0.617. The number of ether oxygens (including phenoxy) is 1. The van der Waals surface area contributed by atoms with Gasteiger partial charge in [-0.3, -0.25) is 14.4 Å². The third-order valence-electron chi connectivity index (χ3n) is 2.62. The standard InChI is InChI=1S/C12H21NO6S/c1-8(2)12(9(3)14)13-10(15)7-20(17,18)6-5-11(16)19-4/h8,12H,5-7H2,1-4H3,(H,13,15). The highest BCUT2D eigenvalue weighted by Gasteiger charge is 2.24. The van der Waals surface area contributed by atoms with Crippen LogP contribution < -0.4 is 5.32 Å². The van der Waals surface area contributed by atoms with Gasteiger partial charge in [-0.25, -0.2) is 8.42 Å². The van der Waals surface area contributed by atoms with Crippen molar-refractivity contribution in [3.63, 3.8) is 0 Å². The molecule has 0 bridgehead atoms. The van der Waals surface area contributed by atoms with Crippen LogP contribution >= 0.6 is 0 Å². The molecule has 7 nitrogen and oxygen atoms in total. The van der Waals surface area contributed by atoms with Crippen LogP contribution in [0.5, 0.6) is 0 Å². The van der Waals surface area contributed by atoms with Gasteiger partial charge in [-0.1, -0.05) is 13.8 Å². The number of rotatable bonds is 8. The van der Waals surface area contributed by atoms with Crippen molar-refractivity contribution in [1.29, 1.82) is 0 Å². The van der Waals surface area contributed by atoms with Crippen molar-refractivity contribution in [3.8, 4) is 0 Å². The second kappa shape index (κ2) is 7.98. The van der Waals surface area contributed by atoms with E-state index in [1.807, 2.05) is 0 Å². The summed E-state index contributed by atoms with van der Waals surface area (Å²) in [5, 5.41) is 2.39. The zero-order valence-corrected chi connectivity index (χ0v) is 13.0. The van der Waals surface area contributed by atoms with Crippen LogP contribution in [0.15, 0.2) is 0 Å². The number of sulfone groups is 1. The van der Waals surface area contributed by atoms with Crippen LogP contribution in [0.4, 0.5) is 0 Å². The first-order valence-electron chi connectivity index (χ1n) is 6.16. The van der Waals surface area contributed by atoms with Crippen LogP contribution in [0.1, 0.15) is 27.2 Å². The minimum absolute atomic E-state index is 0.130. The molecule has 20 heavy (non-hydrogen) atoms. The lowest BCUT2D eigenvalue weighted by atomic mass is 10.0. The van der Waals surface area contributed by atoms with Gasteiger partial charge >= 0.3 is 5.97 Å². The summed E-state index contributed by atoms with van der Waals surface area (Å²) in [6.45, 7) is 4.83. The Kier molecular flexibility index (Phi) is 7.41. The minimum Gasteiger partial charge on any atom is -0.469 e. The lowest BCUT2D eigenvalue weighted by Crippen LogP contribution is -2.45. The summed E-state index contributed by atoms with van der Waals surface area (Å²) in [6.07, 6.45) is -0.299. The van der Waals surface area contributed by atoms with Gasteiger partial charge in [0.1, 0.15) is 5.75 Å². The maximum atomic E-state index is 11.6. The Bertz CT molecular complexity index is 468. The fraction of sp³-hybridized carbons (Fsp3) is 0.750. The molecule has 0 spiro atoms. The van der Waals surface area contributed by atoms with Crippen molar-refractivity contribution >= 4 is 27.5 Å². The normalized spacial score (nSPS) is 12.8. The molecule has 0 aromatic heterocycles. The number of esters is 1. The van der Waals surface area contributed by atoms with Gasteiger partial charge in [-0.05, 0) is 12.8 Å². The van der Waals surface area contributed by atoms with Crippen molar-refractivity contribution in [2.45, 2.75) is 33.2 Å². The first-order valence-corrected chi connectivity index (χ1v) is 7.98. The van der Waals surface area contributed by atoms with E-state index < -0.39 is 39.3 Å². The molecule has 0 fully saturated rings. The van der Waals surface area contributed by atoms with Gasteiger partial charge in [0, 0.05) is 0 Å². The molecule has 0 radical (unpaired) electrons. The highest BCUT2D eigenvalue weighted by atomic mass is 32.2. The third-order valence-corrected chi connectivity index (χ3v) is 4.15. The molecule has 1 N–H and O–H groups in total. The SMILES string of the molecule is COC(=O)CCS(=O)(=O)CC(=O)NC(C(C)=O)C(C)C. The molecule has 0 aliphatic heterocycles. The molecule has 1 unspecified atom stereocenters. The van der Waals surface area contributed by atoms with Crippen LogP contribution in [0, 0.1) is 5.92 Å². The van der Waals surface area contributed by atoms with Gasteiger partial charge in [0.25, 0.3) is 0 Å². The summed E-state index contributed by atoms with van der Waals surface area (Å²) >= 11 is 0. The van der Waals surface area contributed by atoms with Crippen LogP contribution in [0.25, 0.3) is 0 Å². The maximum absolute atomic E-state index is 11.6. The summed E-state index contributed by atoms with van der Waals surface area (Å²) in [4.78, 5) is 33.8. The molecule has 0 aliphatic carbocycles. The van der Waals surface area contributed by atoms with Crippen molar-refractivity contribution in [3.05, 3.63) is 0 Å². The molecule has 0 saturated heterocycles. The molecule has 0 heterocycles. The van der Waals surface area contributed by atoms with Gasteiger partial charge in [-0.15, -0.1) is 0 Å². The van der Waals surface area contributed by atoms with E-state index >= 15 is 0 Å². The Morgan fingerprint density at radius 3 is 2.15 bits per heavy atom. The number of hydrogen-bond acceptors (Lipinski definition) is 6. The average molecular weight is 307 g/mol. The van der Waals surface area contributed by atoms with E-state index in [1.165, 1.54) is 6.92 Å². The number of ketones is 1. The Morgan fingerprint density at radius 1 is 1.20 bits per heavy atom. The third kappa shape index (κ3) is 7.22. The van der Waals surface area contributed by atoms with Crippen molar-refractivity contribution in [2.75, 3.05) is 18.6 Å². The molecule has 0 aromatic carbocycles. The Labute approximate surface area is 119 Å². The molecule has 1 amide bonds. The highest BCUT2D eigenvalue weighted by Crippen LogP contribution is 2.03. The van der Waals surface area contributed by atoms with E-state index in [2.05, 4.69) is 10.1 Å². The number of hydrogen-bond donors (Lipinski definition) is 1. The maximum Gasteiger partial charge on any atom is 0.306 e. The van der Waals surface area contributed by atoms with E-state index in [-0.39, 0.29) is 18.1 Å². The van der Waals surface area contributed by atoms with E-state index in [0.717, 1.165) is 7.11 Å². The fourth-order valence-electron chi connectivity index (χ4n) is 1.57. The van der Waals surface area contributed by atoms with Gasteiger partial charge in [0.15, 0.2) is 15.6 Å². The summed E-state index contributed by atoms with van der Waals surface area (Å²) in [6, 6.07) is -0.710. The van der Waals surface area contributed by atoms with E-state index in [1.54, 1.807) is 13.8 Å². The lowest BCUT2D eigenvalue weighted by Gasteiger charge is -2.19. The summed E-state index contributed by atoms with van der Waals surface area (Å²) in [7, 11) is -2.55. The Morgan fingerprint density at radius 2 is 1.75 bits per heavy atom. The summed E-state index contributed by atoms with van der Waals surface area (Å²) < 4.78 is 27.6. The highest BCUT2D eigenvalue weighted by molar-refractivity contribution is 7.92. The van der Waals surface area contributed by atoms with Crippen LogP contribution in [0.2, 0.25) is 0 Å². The molecule has 8 heteroatoms. The molecule has 116 valence electrons. The monoisotopic (exact) mass is 307 g/mol. The summed E-state index contributed by atoms with van der Waals surface area (Å²) in [5.74, 6) is -2.98. The summed E-state index contributed by atoms with van der Waals surface area (Å²) in [5.41, 5.74) is 0. The second-order valence-corrected chi connectivity index (χ2v) is 7.00. The Balaban J connectivity index is 4.51. The lowest BCUT2D eigenvalue weighted by molar-refractivity contribution is -0.140. The average Bonchev–Trinajstić information content (AvgIpc) is 2.31. The molecular weight excluding hydrogens is 286 g/mol. The molecule has 1 atom stereocenters. The van der Waals surface area contributed by atoms with Gasteiger partial charge in [-0.2, -0.15) is 0 Å². The van der Waals surface area contributed by atoms with Crippen molar-refractivity contribution < 1.29 is 27.5 Å². The first-order chi connectivity index (χ1) is 9.09. The van der Waals surface area contributed by atoms with E-state index in [9.17, 15) is 22.8 Å². The van der Waals surface area contributed by atoms with Gasteiger partial charge < -0.3 is 10.1 Å². The van der Waals surface area contributed by atoms with Crippen LogP contribution in [0.3, 0.4) is 0 Å². The van der Waals surface area contributed by atoms with E-state index in [0.29, 0.717) is 0 Å². The minimum atomic E-state index is -3.71. The molecule has 0 saturated carbocycles. The Hall–Kier alpha value is -1.44. The second-order valence-electron chi connectivity index (χ2n) is 4.82. The van der Waals surface area contributed by atoms with Gasteiger partial charge in [0.05, 0.1) is 25.3 Å². The van der Waals surface area contributed by atoms with Gasteiger partial charge in [0.2, 0.25) is 5.91 Å². The van der Waals surface area contributed by atoms with Crippen LogP contribution in [-0.4, -0.2) is 50.7 Å². The predicted octanol–water partition coefficient (Wildman–Crippen LogP) is -0.306. The number of nitrogens with one attached hydrogen (secondary N) is 1. The van der Waals surface area contributed by atoms with Crippen molar-refractivity contribution in [2.24, 2.45) is 5.92 Å². The van der Waals surface area contributed by atoms with Crippen molar-refractivity contribution in [1.82, 2.24) is 5.32 Å². The topological polar surface area (TPSA) is 107 Å². The molecule has 0 rings (SSSR count). The zero-order valence-electron chi connectivity index (χ0n) is 12.1. The number of Topliss-reactive ketones (excluding diaryl/α,β-unsaturated/α-hetero) is 1. The number of methoxy groups -OCH3 is 1. The zero-order chi connectivity index (χ0) is 15.9. The largest absolute Gasteiger partial charge is 0.469 e. The van der Waals surface area contributed by atoms with E-state index in [4.69, 9.17) is 0 Å². The molecular formula is C12H21NO6S. The number of amides is 1. The van der Waals surface area contributed by atoms with Crippen LogP contribution in [-0.2, 0) is 29.0 Å². The number of carbonyl (C=O) groups excluding carboxylic acids is 3. The fourth-order valence-corrected chi connectivity index (χ4v) is 2.67. The number of carbonyl (C=O) groups is 3. The predicted molar refractivity (Wildman–Crippen MR) is 72.7 cm³/mol. The first kappa shape index (κ1) is 18.6. The molecule has 0 aliphatic rings. The molecule has 0 aromatic rings. The smallest absolute Gasteiger partial charge is 0.306 e.